The van der Waals surface area contributed by atoms with Crippen molar-refractivity contribution in [3.8, 4) is 0 Å². The van der Waals surface area contributed by atoms with Gasteiger partial charge in [-0.3, -0.25) is 4.79 Å². The number of urea groups is 1. The van der Waals surface area contributed by atoms with E-state index in [2.05, 4.69) is 10.6 Å². The zero-order chi connectivity index (χ0) is 14.1. The fourth-order valence-electron chi connectivity index (χ4n) is 2.14. The second kappa shape index (κ2) is 8.74. The zero-order valence-electron chi connectivity index (χ0n) is 11.5. The highest BCUT2D eigenvalue weighted by atomic mass is 16.5. The molecule has 2 amide bonds. The topological polar surface area (TPSA) is 87.7 Å². The average molecular weight is 272 g/mol. The van der Waals surface area contributed by atoms with Gasteiger partial charge in [-0.05, 0) is 25.2 Å². The highest BCUT2D eigenvalue weighted by Crippen LogP contribution is 2.15. The van der Waals surface area contributed by atoms with Gasteiger partial charge >= 0.3 is 12.0 Å². The molecule has 6 heteroatoms. The van der Waals surface area contributed by atoms with Gasteiger partial charge in [-0.15, -0.1) is 0 Å². The summed E-state index contributed by atoms with van der Waals surface area (Å²) in [6, 6.07) is -0.290. The Labute approximate surface area is 113 Å². The van der Waals surface area contributed by atoms with Crippen LogP contribution in [-0.4, -0.2) is 43.4 Å². The van der Waals surface area contributed by atoms with Gasteiger partial charge in [0.05, 0.1) is 5.92 Å². The number of aliphatic carboxylic acids is 1. The number of rotatable bonds is 8. The number of carboxylic acid groups (broad SMARTS) is 1. The SMILES string of the molecule is CCCC(CNC(=O)NCCC1CCOC1)C(=O)O. The lowest BCUT2D eigenvalue weighted by Gasteiger charge is -2.13. The smallest absolute Gasteiger partial charge is 0.314 e. The van der Waals surface area contributed by atoms with Gasteiger partial charge in [0, 0.05) is 26.3 Å². The van der Waals surface area contributed by atoms with Crippen molar-refractivity contribution in [2.45, 2.75) is 32.6 Å². The molecule has 0 radical (unpaired) electrons. The van der Waals surface area contributed by atoms with E-state index >= 15 is 0 Å². The molecule has 0 saturated carbocycles. The first kappa shape index (κ1) is 15.8. The Morgan fingerprint density at radius 3 is 2.79 bits per heavy atom. The highest BCUT2D eigenvalue weighted by molar-refractivity contribution is 5.75. The summed E-state index contributed by atoms with van der Waals surface area (Å²) in [5, 5.41) is 14.3. The molecule has 0 aromatic carbocycles. The molecule has 19 heavy (non-hydrogen) atoms. The van der Waals surface area contributed by atoms with E-state index in [0.29, 0.717) is 18.9 Å². The predicted molar refractivity (Wildman–Crippen MR) is 71.0 cm³/mol. The molecule has 6 nitrogen and oxygen atoms in total. The minimum atomic E-state index is -0.856. The van der Waals surface area contributed by atoms with E-state index in [1.165, 1.54) is 0 Å². The number of nitrogens with one attached hydrogen (secondary N) is 2. The maximum absolute atomic E-state index is 11.5. The molecule has 2 atom stereocenters. The van der Waals surface area contributed by atoms with Crippen LogP contribution < -0.4 is 10.6 Å². The summed E-state index contributed by atoms with van der Waals surface area (Å²) < 4.78 is 5.25. The van der Waals surface area contributed by atoms with E-state index in [1.807, 2.05) is 6.92 Å². The van der Waals surface area contributed by atoms with Gasteiger partial charge < -0.3 is 20.5 Å². The van der Waals surface area contributed by atoms with Crippen molar-refractivity contribution in [2.24, 2.45) is 11.8 Å². The van der Waals surface area contributed by atoms with Gasteiger partial charge in [0.2, 0.25) is 0 Å². The maximum atomic E-state index is 11.5. The molecular weight excluding hydrogens is 248 g/mol. The van der Waals surface area contributed by atoms with Crippen LogP contribution in [0.5, 0.6) is 0 Å². The number of carboxylic acids is 1. The molecule has 3 N–H and O–H groups in total. The molecule has 0 spiro atoms. The minimum absolute atomic E-state index is 0.182. The molecule has 0 bridgehead atoms. The van der Waals surface area contributed by atoms with Crippen LogP contribution in [-0.2, 0) is 9.53 Å². The molecular formula is C13H24N2O4. The van der Waals surface area contributed by atoms with Crippen LogP contribution in [0, 0.1) is 11.8 Å². The van der Waals surface area contributed by atoms with Crippen LogP contribution in [0.3, 0.4) is 0 Å². The summed E-state index contributed by atoms with van der Waals surface area (Å²) in [5.41, 5.74) is 0. The first-order valence-corrected chi connectivity index (χ1v) is 6.95. The Balaban J connectivity index is 2.10. The van der Waals surface area contributed by atoms with Crippen LogP contribution in [0.4, 0.5) is 4.79 Å². The number of carbonyl (C=O) groups is 2. The molecule has 2 unspecified atom stereocenters. The molecule has 1 heterocycles. The van der Waals surface area contributed by atoms with Gasteiger partial charge in [0.15, 0.2) is 0 Å². The Hall–Kier alpha value is -1.30. The quantitative estimate of drug-likeness (QED) is 0.620. The Bertz CT molecular complexity index is 290. The molecule has 1 saturated heterocycles. The fourth-order valence-corrected chi connectivity index (χ4v) is 2.14. The molecule has 1 aliphatic heterocycles. The highest BCUT2D eigenvalue weighted by Gasteiger charge is 2.18. The predicted octanol–water partition coefficient (Wildman–Crippen LogP) is 1.21. The normalized spacial score (nSPS) is 19.9. The van der Waals surface area contributed by atoms with Crippen LogP contribution in [0.2, 0.25) is 0 Å². The standard InChI is InChI=1S/C13H24N2O4/c1-2-3-11(12(16)17)8-15-13(18)14-6-4-10-5-7-19-9-10/h10-11H,2-9H2,1H3,(H,16,17)(H2,14,15,18). The van der Waals surface area contributed by atoms with Gasteiger partial charge in [-0.2, -0.15) is 0 Å². The molecule has 0 aromatic rings. The third-order valence-corrected chi connectivity index (χ3v) is 3.36. The zero-order valence-corrected chi connectivity index (χ0v) is 11.5. The van der Waals surface area contributed by atoms with Crippen LogP contribution in [0.15, 0.2) is 0 Å². The van der Waals surface area contributed by atoms with Crippen LogP contribution in [0.1, 0.15) is 32.6 Å². The lowest BCUT2D eigenvalue weighted by Crippen LogP contribution is -2.40. The van der Waals surface area contributed by atoms with Gasteiger partial charge in [0.25, 0.3) is 0 Å². The van der Waals surface area contributed by atoms with Crippen molar-refractivity contribution in [2.75, 3.05) is 26.3 Å². The first-order chi connectivity index (χ1) is 9.13. The van der Waals surface area contributed by atoms with Gasteiger partial charge in [-0.1, -0.05) is 13.3 Å². The Morgan fingerprint density at radius 1 is 1.42 bits per heavy atom. The van der Waals surface area contributed by atoms with Gasteiger partial charge in [-0.25, -0.2) is 4.79 Å². The molecule has 1 rings (SSSR count). The maximum Gasteiger partial charge on any atom is 0.314 e. The van der Waals surface area contributed by atoms with Crippen molar-refractivity contribution in [1.82, 2.24) is 10.6 Å². The van der Waals surface area contributed by atoms with Crippen LogP contribution in [0.25, 0.3) is 0 Å². The number of carbonyl (C=O) groups excluding carboxylic acids is 1. The lowest BCUT2D eigenvalue weighted by atomic mass is 10.0. The Morgan fingerprint density at radius 2 is 2.21 bits per heavy atom. The number of amides is 2. The third-order valence-electron chi connectivity index (χ3n) is 3.36. The first-order valence-electron chi connectivity index (χ1n) is 6.95. The van der Waals surface area contributed by atoms with E-state index in [9.17, 15) is 9.59 Å². The van der Waals surface area contributed by atoms with Crippen molar-refractivity contribution in [3.05, 3.63) is 0 Å². The minimum Gasteiger partial charge on any atom is -0.481 e. The molecule has 0 aromatic heterocycles. The summed E-state index contributed by atoms with van der Waals surface area (Å²) >= 11 is 0. The van der Waals surface area contributed by atoms with Crippen LogP contribution >= 0.6 is 0 Å². The monoisotopic (exact) mass is 272 g/mol. The second-order valence-electron chi connectivity index (χ2n) is 4.98. The summed E-state index contributed by atoms with van der Waals surface area (Å²) in [4.78, 5) is 22.4. The van der Waals surface area contributed by atoms with Crippen molar-refractivity contribution in [1.29, 1.82) is 0 Å². The Kier molecular flexibility index (Phi) is 7.25. The van der Waals surface area contributed by atoms with E-state index in [4.69, 9.17) is 9.84 Å². The van der Waals surface area contributed by atoms with E-state index in [1.54, 1.807) is 0 Å². The molecule has 1 fully saturated rings. The van der Waals surface area contributed by atoms with Crippen molar-refractivity contribution < 1.29 is 19.4 Å². The number of ether oxygens (including phenoxy) is 1. The molecule has 1 aliphatic rings. The molecule has 0 aliphatic carbocycles. The largest absolute Gasteiger partial charge is 0.481 e. The summed E-state index contributed by atoms with van der Waals surface area (Å²) in [7, 11) is 0. The van der Waals surface area contributed by atoms with Crippen molar-refractivity contribution in [3.63, 3.8) is 0 Å². The van der Waals surface area contributed by atoms with E-state index in [-0.39, 0.29) is 12.6 Å². The second-order valence-corrected chi connectivity index (χ2v) is 4.98. The average Bonchev–Trinajstić information content (AvgIpc) is 2.87. The number of hydrogen-bond donors (Lipinski definition) is 3. The third kappa shape index (κ3) is 6.42. The van der Waals surface area contributed by atoms with E-state index < -0.39 is 11.9 Å². The summed E-state index contributed by atoms with van der Waals surface area (Å²) in [5.74, 6) is -0.823. The van der Waals surface area contributed by atoms with E-state index in [0.717, 1.165) is 32.5 Å². The lowest BCUT2D eigenvalue weighted by molar-refractivity contribution is -0.141. The van der Waals surface area contributed by atoms with Crippen molar-refractivity contribution >= 4 is 12.0 Å². The fraction of sp³-hybridized carbons (Fsp3) is 0.846. The van der Waals surface area contributed by atoms with Gasteiger partial charge in [0.1, 0.15) is 0 Å². The molecule has 110 valence electrons. The summed E-state index contributed by atoms with van der Waals surface area (Å²) in [6.07, 6.45) is 3.34. The summed E-state index contributed by atoms with van der Waals surface area (Å²) in [6.45, 7) is 4.31. The number of hydrogen-bond acceptors (Lipinski definition) is 3.